The maximum Gasteiger partial charge on any atom is 0.329 e. The first-order valence-electron chi connectivity index (χ1n) is 9.25. The lowest BCUT2D eigenvalue weighted by atomic mass is 10.00. The average molecular weight is 381 g/mol. The Morgan fingerprint density at radius 1 is 1.11 bits per heavy atom. The quantitative estimate of drug-likeness (QED) is 0.640. The molecule has 2 unspecified atom stereocenters. The van der Waals surface area contributed by atoms with Crippen LogP contribution in [0.4, 0.5) is 0 Å². The van der Waals surface area contributed by atoms with Crippen molar-refractivity contribution in [1.82, 2.24) is 4.57 Å². The molecule has 0 amide bonds. The molecule has 1 aromatic heterocycles. The number of benzene rings is 2. The smallest absolute Gasteiger partial charge is 0.329 e. The summed E-state index contributed by atoms with van der Waals surface area (Å²) in [6, 6.07) is 13.5. The van der Waals surface area contributed by atoms with Crippen molar-refractivity contribution in [3.8, 4) is 5.75 Å². The molecule has 6 heteroatoms. The van der Waals surface area contributed by atoms with Gasteiger partial charge in [0.25, 0.3) is 0 Å². The molecule has 0 spiro atoms. The second-order valence-electron chi connectivity index (χ2n) is 6.51. The van der Waals surface area contributed by atoms with Gasteiger partial charge in [0.2, 0.25) is 5.43 Å². The summed E-state index contributed by atoms with van der Waals surface area (Å²) >= 11 is 0. The van der Waals surface area contributed by atoms with Gasteiger partial charge < -0.3 is 19.5 Å². The van der Waals surface area contributed by atoms with Gasteiger partial charge in [0.05, 0.1) is 12.3 Å². The number of pyridine rings is 1. The Morgan fingerprint density at radius 3 is 2.50 bits per heavy atom. The molecule has 3 rings (SSSR count). The molecule has 2 N–H and O–H groups in total. The maximum absolute atomic E-state index is 12.4. The van der Waals surface area contributed by atoms with E-state index < -0.39 is 29.3 Å². The molecule has 146 valence electrons. The van der Waals surface area contributed by atoms with Crippen LogP contribution in [0.5, 0.6) is 5.75 Å². The van der Waals surface area contributed by atoms with Crippen molar-refractivity contribution in [1.29, 1.82) is 0 Å². The lowest BCUT2D eigenvalue weighted by Gasteiger charge is -2.25. The van der Waals surface area contributed by atoms with E-state index in [1.165, 1.54) is 16.8 Å². The molecule has 0 aliphatic carbocycles. The third kappa shape index (κ3) is 3.64. The van der Waals surface area contributed by atoms with Gasteiger partial charge in [-0.05, 0) is 35.7 Å². The molecule has 0 bridgehead atoms. The summed E-state index contributed by atoms with van der Waals surface area (Å²) in [7, 11) is 0. The number of hydrogen-bond acceptors (Lipinski definition) is 5. The van der Waals surface area contributed by atoms with Crippen LogP contribution in [0.15, 0.2) is 59.5 Å². The summed E-state index contributed by atoms with van der Waals surface area (Å²) in [6.07, 6.45) is 0.493. The van der Waals surface area contributed by atoms with Crippen molar-refractivity contribution in [3.63, 3.8) is 0 Å². The van der Waals surface area contributed by atoms with Crippen molar-refractivity contribution in [2.45, 2.75) is 32.4 Å². The minimum absolute atomic E-state index is 0.0253. The molecular weight excluding hydrogens is 358 g/mol. The van der Waals surface area contributed by atoms with Gasteiger partial charge in [0.1, 0.15) is 12.1 Å². The third-order valence-corrected chi connectivity index (χ3v) is 4.77. The number of aliphatic hydroxyl groups is 1. The minimum Gasteiger partial charge on any atom is -0.503 e. The van der Waals surface area contributed by atoms with Gasteiger partial charge in [0, 0.05) is 12.3 Å². The Balaban J connectivity index is 2.14. The van der Waals surface area contributed by atoms with E-state index in [0.717, 1.165) is 10.8 Å². The zero-order valence-corrected chi connectivity index (χ0v) is 15.8. The summed E-state index contributed by atoms with van der Waals surface area (Å²) in [5.41, 5.74) is -0.139. The van der Waals surface area contributed by atoms with Crippen LogP contribution in [0.3, 0.4) is 0 Å². The molecule has 0 fully saturated rings. The summed E-state index contributed by atoms with van der Waals surface area (Å²) in [5.74, 6) is -1.06. The van der Waals surface area contributed by atoms with Crippen LogP contribution < -0.4 is 5.43 Å². The predicted molar refractivity (Wildman–Crippen MR) is 106 cm³/mol. The van der Waals surface area contributed by atoms with Gasteiger partial charge in [-0.3, -0.25) is 4.79 Å². The molecule has 0 aliphatic rings. The normalized spacial score (nSPS) is 13.2. The van der Waals surface area contributed by atoms with E-state index in [9.17, 15) is 19.8 Å². The van der Waals surface area contributed by atoms with Crippen LogP contribution in [0, 0.1) is 0 Å². The zero-order chi connectivity index (χ0) is 20.3. The van der Waals surface area contributed by atoms with Crippen molar-refractivity contribution in [2.24, 2.45) is 0 Å². The van der Waals surface area contributed by atoms with Crippen molar-refractivity contribution in [2.75, 3.05) is 6.61 Å². The number of aromatic hydroxyl groups is 1. The summed E-state index contributed by atoms with van der Waals surface area (Å²) in [6.45, 7) is 3.71. The van der Waals surface area contributed by atoms with E-state index in [0.29, 0.717) is 12.0 Å². The first kappa shape index (κ1) is 19.6. The van der Waals surface area contributed by atoms with Gasteiger partial charge in [0.15, 0.2) is 5.75 Å². The van der Waals surface area contributed by atoms with E-state index in [1.807, 2.05) is 30.3 Å². The first-order valence-corrected chi connectivity index (χ1v) is 9.25. The Hall–Kier alpha value is -3.12. The number of carbonyl (C=O) groups excluding carboxylic acids is 1. The summed E-state index contributed by atoms with van der Waals surface area (Å²) < 4.78 is 6.54. The van der Waals surface area contributed by atoms with Gasteiger partial charge >= 0.3 is 5.97 Å². The van der Waals surface area contributed by atoms with Crippen molar-refractivity contribution in [3.05, 3.63) is 76.2 Å². The second-order valence-corrected chi connectivity index (χ2v) is 6.51. The van der Waals surface area contributed by atoms with Crippen LogP contribution in [0.1, 0.15) is 43.7 Å². The van der Waals surface area contributed by atoms with E-state index in [2.05, 4.69) is 0 Å². The Morgan fingerprint density at radius 2 is 1.82 bits per heavy atom. The minimum atomic E-state index is -1.29. The first-order chi connectivity index (χ1) is 13.5. The lowest BCUT2D eigenvalue weighted by molar-refractivity contribution is -0.147. The number of nitrogens with zero attached hydrogens (tertiary/aromatic N) is 1. The average Bonchev–Trinajstić information content (AvgIpc) is 2.70. The number of hydrogen-bond donors (Lipinski definition) is 2. The van der Waals surface area contributed by atoms with E-state index in [1.54, 1.807) is 26.0 Å². The number of rotatable bonds is 6. The summed E-state index contributed by atoms with van der Waals surface area (Å²) in [4.78, 5) is 24.4. The van der Waals surface area contributed by atoms with Crippen LogP contribution in [0.25, 0.3) is 10.8 Å². The molecule has 6 nitrogen and oxygen atoms in total. The van der Waals surface area contributed by atoms with Gasteiger partial charge in [-0.2, -0.15) is 0 Å². The van der Waals surface area contributed by atoms with E-state index in [-0.39, 0.29) is 12.3 Å². The monoisotopic (exact) mass is 381 g/mol. The van der Waals surface area contributed by atoms with Crippen molar-refractivity contribution >= 4 is 16.7 Å². The molecule has 0 radical (unpaired) electrons. The molecule has 0 saturated carbocycles. The predicted octanol–water partition coefficient (Wildman–Crippen LogP) is 3.30. The highest BCUT2D eigenvalue weighted by Crippen LogP contribution is 2.32. The summed E-state index contributed by atoms with van der Waals surface area (Å²) in [5, 5.41) is 23.4. The second kappa shape index (κ2) is 8.27. The largest absolute Gasteiger partial charge is 0.503 e. The molecule has 2 atom stereocenters. The fraction of sp³-hybridized carbons (Fsp3) is 0.273. The van der Waals surface area contributed by atoms with Crippen LogP contribution in [-0.4, -0.2) is 27.4 Å². The molecule has 0 aliphatic heterocycles. The zero-order valence-electron chi connectivity index (χ0n) is 15.8. The fourth-order valence-electron chi connectivity index (χ4n) is 3.35. The number of carbonyl (C=O) groups is 1. The molecule has 28 heavy (non-hydrogen) atoms. The van der Waals surface area contributed by atoms with Gasteiger partial charge in [-0.1, -0.05) is 43.3 Å². The standard InChI is InChI=1S/C22H23NO5/c1-3-17(22(27)28-4-2)23-12-11-18(24)21(26)19(23)20(25)16-10-9-14-7-5-6-8-15(14)13-16/h5-13,17,20,25-26H,3-4H2,1-2H3. The molecule has 2 aromatic carbocycles. The lowest BCUT2D eigenvalue weighted by Crippen LogP contribution is -2.27. The Bertz CT molecular complexity index is 1060. The SMILES string of the molecule is CCOC(=O)C(CC)n1ccc(=O)c(O)c1C(O)c1ccc2ccccc2c1. The number of aromatic nitrogens is 1. The fourth-order valence-corrected chi connectivity index (χ4v) is 3.35. The highest BCUT2D eigenvalue weighted by molar-refractivity contribution is 5.83. The number of esters is 1. The van der Waals surface area contributed by atoms with Crippen LogP contribution in [-0.2, 0) is 9.53 Å². The Kier molecular flexibility index (Phi) is 5.80. The van der Waals surface area contributed by atoms with Gasteiger partial charge in [-0.25, -0.2) is 4.79 Å². The highest BCUT2D eigenvalue weighted by Gasteiger charge is 2.28. The molecule has 0 saturated heterocycles. The molecular formula is C22H23NO5. The van der Waals surface area contributed by atoms with E-state index in [4.69, 9.17) is 4.74 Å². The van der Waals surface area contributed by atoms with Crippen molar-refractivity contribution < 1.29 is 19.7 Å². The van der Waals surface area contributed by atoms with Gasteiger partial charge in [-0.15, -0.1) is 0 Å². The van der Waals surface area contributed by atoms with E-state index >= 15 is 0 Å². The molecule has 3 aromatic rings. The number of ether oxygens (including phenoxy) is 1. The highest BCUT2D eigenvalue weighted by atomic mass is 16.5. The van der Waals surface area contributed by atoms with Crippen LogP contribution >= 0.6 is 0 Å². The molecule has 1 heterocycles. The third-order valence-electron chi connectivity index (χ3n) is 4.77. The number of aliphatic hydroxyl groups excluding tert-OH is 1. The maximum atomic E-state index is 12.4. The topological polar surface area (TPSA) is 88.8 Å². The van der Waals surface area contributed by atoms with Crippen LogP contribution in [0.2, 0.25) is 0 Å². The number of fused-ring (bicyclic) bond motifs is 1. The Labute approximate surface area is 162 Å².